The second-order valence-electron chi connectivity index (χ2n) is 1.85. The van der Waals surface area contributed by atoms with Crippen LogP contribution in [0, 0.1) is 0 Å². The highest BCUT2D eigenvalue weighted by atomic mass is 14.7. The summed E-state index contributed by atoms with van der Waals surface area (Å²) in [6.07, 6.45) is 6.33. The zero-order chi connectivity index (χ0) is 7.82. The van der Waals surface area contributed by atoms with E-state index in [1.807, 2.05) is 12.2 Å². The maximum Gasteiger partial charge on any atom is 0.0357 e. The van der Waals surface area contributed by atoms with E-state index in [0.717, 1.165) is 12.1 Å². The van der Waals surface area contributed by atoms with Gasteiger partial charge >= 0.3 is 0 Å². The third-order valence-corrected chi connectivity index (χ3v) is 1.11. The van der Waals surface area contributed by atoms with Crippen LogP contribution in [0.15, 0.2) is 29.8 Å². The molecular weight excluding hydrogens is 124 g/mol. The number of nitrogens with two attached hydrogens (primary N) is 1. The molecule has 56 valence electrons. The molecule has 0 heterocycles. The van der Waals surface area contributed by atoms with Crippen LogP contribution in [-0.2, 0) is 0 Å². The Bertz CT molecular complexity index is 145. The molecule has 0 aromatic heterocycles. The molecule has 10 heavy (non-hydrogen) atoms. The third-order valence-electron chi connectivity index (χ3n) is 1.11. The lowest BCUT2D eigenvalue weighted by Gasteiger charge is -1.93. The molecule has 0 aliphatic heterocycles. The van der Waals surface area contributed by atoms with Crippen molar-refractivity contribution < 1.29 is 0 Å². The summed E-state index contributed by atoms with van der Waals surface area (Å²) in [6.45, 7) is 4.20. The molecule has 0 radical (unpaired) electrons. The van der Waals surface area contributed by atoms with E-state index < -0.39 is 0 Å². The molecule has 0 aromatic carbocycles. The van der Waals surface area contributed by atoms with Crippen LogP contribution in [-0.4, -0.2) is 19.3 Å². The maximum absolute atomic E-state index is 5.34. The molecule has 0 atom stereocenters. The number of aliphatic imine (C=N–C) groups is 1. The molecule has 0 aliphatic carbocycles. The molecule has 2 nitrogen and oxygen atoms in total. The fraction of sp³-hybridized carbons (Fsp3) is 0.375. The standard InChI is InChI=1S/C8H14N2/c1-3-4-5-8(10-2)6-7-9/h3-5H,1,6-7,9H2,2H3/b5-4-,10-8+. The first-order valence-corrected chi connectivity index (χ1v) is 3.30. The van der Waals surface area contributed by atoms with Gasteiger partial charge in [-0.2, -0.15) is 0 Å². The number of nitrogens with zero attached hydrogens (tertiary/aromatic N) is 1. The second-order valence-corrected chi connectivity index (χ2v) is 1.85. The van der Waals surface area contributed by atoms with Gasteiger partial charge in [0.05, 0.1) is 0 Å². The van der Waals surface area contributed by atoms with E-state index in [1.165, 1.54) is 0 Å². The van der Waals surface area contributed by atoms with E-state index in [4.69, 9.17) is 5.73 Å². The second kappa shape index (κ2) is 6.23. The predicted octanol–water partition coefficient (Wildman–Crippen LogP) is 1.15. The van der Waals surface area contributed by atoms with Gasteiger partial charge in [0.1, 0.15) is 0 Å². The molecule has 0 amide bonds. The minimum Gasteiger partial charge on any atom is -0.330 e. The molecule has 2 N–H and O–H groups in total. The lowest BCUT2D eigenvalue weighted by atomic mass is 10.2. The van der Waals surface area contributed by atoms with Gasteiger partial charge < -0.3 is 5.73 Å². The number of rotatable bonds is 4. The molecule has 0 aliphatic rings. The summed E-state index contributed by atoms with van der Waals surface area (Å²) in [6, 6.07) is 0. The van der Waals surface area contributed by atoms with Gasteiger partial charge in [0.25, 0.3) is 0 Å². The highest BCUT2D eigenvalue weighted by Crippen LogP contribution is 1.86. The Labute approximate surface area is 62.1 Å². The van der Waals surface area contributed by atoms with Gasteiger partial charge in [-0.1, -0.05) is 18.7 Å². The Morgan fingerprint density at radius 2 is 2.40 bits per heavy atom. The fourth-order valence-electron chi connectivity index (χ4n) is 0.597. The number of hydrogen-bond acceptors (Lipinski definition) is 2. The van der Waals surface area contributed by atoms with Crippen LogP contribution >= 0.6 is 0 Å². The molecule has 0 spiro atoms. The van der Waals surface area contributed by atoms with E-state index >= 15 is 0 Å². The van der Waals surface area contributed by atoms with Crippen molar-refractivity contribution in [1.82, 2.24) is 0 Å². The molecule has 0 saturated heterocycles. The van der Waals surface area contributed by atoms with Crippen molar-refractivity contribution in [2.45, 2.75) is 6.42 Å². The van der Waals surface area contributed by atoms with E-state index in [-0.39, 0.29) is 0 Å². The minimum absolute atomic E-state index is 0.647. The Balaban J connectivity index is 3.84. The average molecular weight is 138 g/mol. The Morgan fingerprint density at radius 3 is 2.80 bits per heavy atom. The summed E-state index contributed by atoms with van der Waals surface area (Å²) in [4.78, 5) is 4.02. The summed E-state index contributed by atoms with van der Waals surface area (Å²) < 4.78 is 0. The summed E-state index contributed by atoms with van der Waals surface area (Å²) in [5.41, 5.74) is 6.35. The highest BCUT2D eigenvalue weighted by molar-refractivity contribution is 5.95. The van der Waals surface area contributed by atoms with Crippen molar-refractivity contribution in [3.8, 4) is 0 Å². The van der Waals surface area contributed by atoms with Gasteiger partial charge in [0, 0.05) is 19.2 Å². The topological polar surface area (TPSA) is 38.4 Å². The van der Waals surface area contributed by atoms with Crippen molar-refractivity contribution in [2.24, 2.45) is 10.7 Å². The largest absolute Gasteiger partial charge is 0.330 e. The van der Waals surface area contributed by atoms with Crippen molar-refractivity contribution in [1.29, 1.82) is 0 Å². The molecular formula is C8H14N2. The number of hydrogen-bond donors (Lipinski definition) is 1. The van der Waals surface area contributed by atoms with Gasteiger partial charge in [-0.05, 0) is 12.6 Å². The summed E-state index contributed by atoms with van der Waals surface area (Å²) in [5.74, 6) is 0. The maximum atomic E-state index is 5.34. The normalized spacial score (nSPS) is 12.4. The van der Waals surface area contributed by atoms with Crippen LogP contribution in [0.1, 0.15) is 6.42 Å². The monoisotopic (exact) mass is 138 g/mol. The molecule has 0 fully saturated rings. The van der Waals surface area contributed by atoms with E-state index in [2.05, 4.69) is 11.6 Å². The van der Waals surface area contributed by atoms with Crippen LogP contribution in [0.3, 0.4) is 0 Å². The smallest absolute Gasteiger partial charge is 0.0357 e. The Kier molecular flexibility index (Phi) is 5.68. The number of allylic oxidation sites excluding steroid dienone is 3. The van der Waals surface area contributed by atoms with Crippen molar-refractivity contribution in [3.63, 3.8) is 0 Å². The first kappa shape index (κ1) is 9.11. The van der Waals surface area contributed by atoms with E-state index in [1.54, 1.807) is 13.1 Å². The Hall–Kier alpha value is -0.890. The lowest BCUT2D eigenvalue weighted by Crippen LogP contribution is -2.05. The molecule has 0 rings (SSSR count). The zero-order valence-corrected chi connectivity index (χ0v) is 6.38. The quantitative estimate of drug-likeness (QED) is 0.459. The lowest BCUT2D eigenvalue weighted by molar-refractivity contribution is 1.04. The molecule has 0 saturated carbocycles. The summed E-state index contributed by atoms with van der Waals surface area (Å²) in [5, 5.41) is 0. The van der Waals surface area contributed by atoms with Gasteiger partial charge in [0.2, 0.25) is 0 Å². The van der Waals surface area contributed by atoms with Crippen molar-refractivity contribution >= 4 is 5.71 Å². The zero-order valence-electron chi connectivity index (χ0n) is 6.38. The first-order valence-electron chi connectivity index (χ1n) is 3.30. The van der Waals surface area contributed by atoms with Gasteiger partial charge in [-0.25, -0.2) is 0 Å². The first-order chi connectivity index (χ1) is 4.85. The molecule has 2 heteroatoms. The van der Waals surface area contributed by atoms with Crippen molar-refractivity contribution in [2.75, 3.05) is 13.6 Å². The van der Waals surface area contributed by atoms with Crippen LogP contribution < -0.4 is 5.73 Å². The van der Waals surface area contributed by atoms with Gasteiger partial charge in [-0.15, -0.1) is 0 Å². The molecule has 0 bridgehead atoms. The van der Waals surface area contributed by atoms with Gasteiger partial charge in [-0.3, -0.25) is 4.99 Å². The van der Waals surface area contributed by atoms with Crippen LogP contribution in [0.2, 0.25) is 0 Å². The fourth-order valence-corrected chi connectivity index (χ4v) is 0.597. The van der Waals surface area contributed by atoms with Crippen LogP contribution in [0.4, 0.5) is 0 Å². The van der Waals surface area contributed by atoms with Crippen molar-refractivity contribution in [3.05, 3.63) is 24.8 Å². The van der Waals surface area contributed by atoms with Crippen LogP contribution in [0.25, 0.3) is 0 Å². The average Bonchev–Trinajstić information content (AvgIpc) is 1.98. The summed E-state index contributed by atoms with van der Waals surface area (Å²) in [7, 11) is 1.76. The molecule has 0 unspecified atom stereocenters. The summed E-state index contributed by atoms with van der Waals surface area (Å²) >= 11 is 0. The highest BCUT2D eigenvalue weighted by Gasteiger charge is 1.87. The van der Waals surface area contributed by atoms with Gasteiger partial charge in [0.15, 0.2) is 0 Å². The molecule has 0 aromatic rings. The minimum atomic E-state index is 0.647. The van der Waals surface area contributed by atoms with E-state index in [9.17, 15) is 0 Å². The van der Waals surface area contributed by atoms with E-state index in [0.29, 0.717) is 6.54 Å². The van der Waals surface area contributed by atoms with Crippen LogP contribution in [0.5, 0.6) is 0 Å². The SMILES string of the molecule is C=C/C=C\C(CCN)=N/C. The predicted molar refractivity (Wildman–Crippen MR) is 46.4 cm³/mol. The third kappa shape index (κ3) is 4.04. The Morgan fingerprint density at radius 1 is 1.70 bits per heavy atom.